The van der Waals surface area contributed by atoms with Gasteiger partial charge in [0, 0.05) is 24.6 Å². The van der Waals surface area contributed by atoms with E-state index in [1.807, 2.05) is 6.92 Å². The molecule has 8 nitrogen and oxygen atoms in total. The minimum absolute atomic E-state index is 0.0530. The Balaban J connectivity index is 1.81. The highest BCUT2D eigenvalue weighted by Crippen LogP contribution is 2.54. The molecule has 1 aromatic rings. The Bertz CT molecular complexity index is 920. The standard InChI is InChI=1S/C20H23ClN4O4/c1-2-3-9-25-17(27)14-12(7-8-13(22)26)24-20(15(14)18(25)28)10-5-4-6-11(21)16(10)23-19(20)29/h4-6,12,14-15,24H,2-3,7-9H2,1H3,(H2,22,26)(H,23,29)/t12-,14+,15+,20-/m0/s1. The smallest absolute Gasteiger partial charge is 0.250 e. The molecular formula is C20H23ClN4O4. The number of fused-ring (bicyclic) bond motifs is 4. The average Bonchev–Trinajstić information content (AvgIpc) is 3.25. The van der Waals surface area contributed by atoms with Crippen LogP contribution in [0.3, 0.4) is 0 Å². The van der Waals surface area contributed by atoms with Crippen LogP contribution in [0.25, 0.3) is 0 Å². The van der Waals surface area contributed by atoms with Crippen molar-refractivity contribution in [2.45, 2.75) is 44.2 Å². The number of nitrogens with one attached hydrogen (secondary N) is 2. The van der Waals surface area contributed by atoms with Gasteiger partial charge >= 0.3 is 0 Å². The number of halogens is 1. The van der Waals surface area contributed by atoms with E-state index in [-0.39, 0.29) is 24.7 Å². The lowest BCUT2D eigenvalue weighted by atomic mass is 9.76. The van der Waals surface area contributed by atoms with Crippen LogP contribution in [0.2, 0.25) is 5.02 Å². The predicted octanol–water partition coefficient (Wildman–Crippen LogP) is 1.13. The van der Waals surface area contributed by atoms with Crippen LogP contribution in [-0.4, -0.2) is 41.1 Å². The first-order chi connectivity index (χ1) is 13.8. The Morgan fingerprint density at radius 2 is 2.03 bits per heavy atom. The van der Waals surface area contributed by atoms with E-state index in [0.717, 1.165) is 6.42 Å². The molecule has 0 bridgehead atoms. The van der Waals surface area contributed by atoms with Gasteiger partial charge in [-0.25, -0.2) is 0 Å². The van der Waals surface area contributed by atoms with E-state index in [1.54, 1.807) is 18.2 Å². The fourth-order valence-corrected chi connectivity index (χ4v) is 5.16. The maximum absolute atomic E-state index is 13.3. The number of benzene rings is 1. The largest absolute Gasteiger partial charge is 0.370 e. The number of hydrogen-bond acceptors (Lipinski definition) is 5. The Kier molecular flexibility index (Phi) is 4.86. The van der Waals surface area contributed by atoms with Crippen LogP contribution in [-0.2, 0) is 24.7 Å². The topological polar surface area (TPSA) is 122 Å². The van der Waals surface area contributed by atoms with Crippen LogP contribution in [0.4, 0.5) is 5.69 Å². The number of carbonyl (C=O) groups excluding carboxylic acids is 4. The molecule has 2 saturated heterocycles. The summed E-state index contributed by atoms with van der Waals surface area (Å²) in [4.78, 5) is 52.4. The highest BCUT2D eigenvalue weighted by molar-refractivity contribution is 6.35. The number of anilines is 1. The first-order valence-corrected chi connectivity index (χ1v) is 10.2. The maximum Gasteiger partial charge on any atom is 0.250 e. The monoisotopic (exact) mass is 418 g/mol. The summed E-state index contributed by atoms with van der Waals surface area (Å²) in [6.07, 6.45) is 1.84. The number of nitrogens with zero attached hydrogens (tertiary/aromatic N) is 1. The molecule has 0 radical (unpaired) electrons. The number of nitrogens with two attached hydrogens (primary N) is 1. The van der Waals surface area contributed by atoms with E-state index < -0.39 is 35.2 Å². The summed E-state index contributed by atoms with van der Waals surface area (Å²) in [6, 6.07) is 4.59. The molecule has 2 fully saturated rings. The lowest BCUT2D eigenvalue weighted by Crippen LogP contribution is -2.53. The molecule has 0 unspecified atom stereocenters. The Labute approximate surface area is 173 Å². The SMILES string of the molecule is CCCCN1C(=O)[C@@H]2[C@H](CCC(N)=O)N[C@]3(C(=O)Nc4c(Cl)cccc43)[C@H]2C1=O. The van der Waals surface area contributed by atoms with Gasteiger partial charge in [0.25, 0.3) is 0 Å². The molecule has 0 saturated carbocycles. The van der Waals surface area contributed by atoms with Crippen LogP contribution in [0.15, 0.2) is 18.2 Å². The van der Waals surface area contributed by atoms with Crippen molar-refractivity contribution in [1.82, 2.24) is 10.2 Å². The van der Waals surface area contributed by atoms with Gasteiger partial charge in [-0.1, -0.05) is 37.1 Å². The van der Waals surface area contributed by atoms with Crippen LogP contribution < -0.4 is 16.4 Å². The van der Waals surface area contributed by atoms with Crippen LogP contribution in [0.5, 0.6) is 0 Å². The summed E-state index contributed by atoms with van der Waals surface area (Å²) < 4.78 is 0. The van der Waals surface area contributed by atoms with Crippen molar-refractivity contribution >= 4 is 40.9 Å². The van der Waals surface area contributed by atoms with E-state index in [0.29, 0.717) is 29.2 Å². The number of rotatable bonds is 6. The third-order valence-electron chi connectivity index (χ3n) is 6.23. The van der Waals surface area contributed by atoms with Crippen molar-refractivity contribution in [2.24, 2.45) is 17.6 Å². The molecular weight excluding hydrogens is 396 g/mol. The lowest BCUT2D eigenvalue weighted by Gasteiger charge is -2.29. The normalized spacial score (nSPS) is 30.1. The van der Waals surface area contributed by atoms with E-state index in [1.165, 1.54) is 4.90 Å². The Morgan fingerprint density at radius 1 is 1.28 bits per heavy atom. The fourth-order valence-electron chi connectivity index (χ4n) is 4.94. The maximum atomic E-state index is 13.3. The molecule has 154 valence electrons. The number of hydrogen-bond donors (Lipinski definition) is 3. The first-order valence-electron chi connectivity index (χ1n) is 9.84. The Hall–Kier alpha value is -2.45. The highest BCUT2D eigenvalue weighted by Gasteiger charge is 2.70. The number of imide groups is 1. The van der Waals surface area contributed by atoms with Gasteiger partial charge in [0.05, 0.1) is 22.5 Å². The zero-order valence-electron chi connectivity index (χ0n) is 16.0. The minimum atomic E-state index is -1.39. The fraction of sp³-hybridized carbons (Fsp3) is 0.500. The number of likely N-dealkylation sites (tertiary alicyclic amines) is 1. The zero-order chi connectivity index (χ0) is 20.9. The highest BCUT2D eigenvalue weighted by atomic mass is 35.5. The van der Waals surface area contributed by atoms with Gasteiger partial charge in [-0.2, -0.15) is 0 Å². The summed E-state index contributed by atoms with van der Waals surface area (Å²) in [5, 5.41) is 6.40. The second-order valence-corrected chi connectivity index (χ2v) is 8.27. The molecule has 4 amide bonds. The molecule has 4 rings (SSSR count). The summed E-state index contributed by atoms with van der Waals surface area (Å²) in [5.74, 6) is -3.17. The first kappa shape index (κ1) is 19.8. The van der Waals surface area contributed by atoms with E-state index in [2.05, 4.69) is 10.6 Å². The lowest BCUT2D eigenvalue weighted by molar-refractivity contribution is -0.143. The molecule has 29 heavy (non-hydrogen) atoms. The molecule has 1 spiro atoms. The summed E-state index contributed by atoms with van der Waals surface area (Å²) in [6.45, 7) is 2.30. The molecule has 0 aromatic heterocycles. The van der Waals surface area contributed by atoms with Gasteiger partial charge in [0.1, 0.15) is 5.54 Å². The van der Waals surface area contributed by atoms with Crippen LogP contribution in [0.1, 0.15) is 38.2 Å². The molecule has 4 atom stereocenters. The number of carbonyl (C=O) groups is 4. The van der Waals surface area contributed by atoms with Gasteiger partial charge < -0.3 is 11.1 Å². The minimum Gasteiger partial charge on any atom is -0.370 e. The van der Waals surface area contributed by atoms with Crippen molar-refractivity contribution < 1.29 is 19.2 Å². The molecule has 9 heteroatoms. The number of primary amides is 1. The number of unbranched alkanes of at least 4 members (excludes halogenated alkanes) is 1. The van der Waals surface area contributed by atoms with Gasteiger partial charge in [0.2, 0.25) is 23.6 Å². The molecule has 3 aliphatic heterocycles. The molecule has 4 N–H and O–H groups in total. The predicted molar refractivity (Wildman–Crippen MR) is 106 cm³/mol. The third kappa shape index (κ3) is 2.77. The molecule has 3 heterocycles. The number of para-hydroxylation sites is 1. The zero-order valence-corrected chi connectivity index (χ0v) is 16.8. The van der Waals surface area contributed by atoms with Crippen molar-refractivity contribution in [1.29, 1.82) is 0 Å². The Morgan fingerprint density at radius 3 is 2.72 bits per heavy atom. The van der Waals surface area contributed by atoms with Crippen LogP contribution >= 0.6 is 11.6 Å². The molecule has 1 aromatic carbocycles. The molecule has 0 aliphatic carbocycles. The summed E-state index contributed by atoms with van der Waals surface area (Å²) >= 11 is 6.27. The van der Waals surface area contributed by atoms with Crippen molar-refractivity contribution in [3.8, 4) is 0 Å². The van der Waals surface area contributed by atoms with Gasteiger partial charge in [-0.3, -0.25) is 29.4 Å². The van der Waals surface area contributed by atoms with Crippen molar-refractivity contribution in [3.63, 3.8) is 0 Å². The van der Waals surface area contributed by atoms with Gasteiger partial charge in [-0.05, 0) is 18.9 Å². The second kappa shape index (κ2) is 7.11. The quantitative estimate of drug-likeness (QED) is 0.598. The van der Waals surface area contributed by atoms with Crippen molar-refractivity contribution in [2.75, 3.05) is 11.9 Å². The summed E-state index contributed by atoms with van der Waals surface area (Å²) in [5.41, 5.74) is 4.93. The van der Waals surface area contributed by atoms with Gasteiger partial charge in [-0.15, -0.1) is 0 Å². The van der Waals surface area contributed by atoms with E-state index in [4.69, 9.17) is 17.3 Å². The average molecular weight is 419 g/mol. The van der Waals surface area contributed by atoms with E-state index in [9.17, 15) is 19.2 Å². The second-order valence-electron chi connectivity index (χ2n) is 7.87. The van der Waals surface area contributed by atoms with E-state index >= 15 is 0 Å². The van der Waals surface area contributed by atoms with Crippen LogP contribution in [0, 0.1) is 11.8 Å². The summed E-state index contributed by atoms with van der Waals surface area (Å²) in [7, 11) is 0. The van der Waals surface area contributed by atoms with Crippen molar-refractivity contribution in [3.05, 3.63) is 28.8 Å². The molecule has 3 aliphatic rings. The number of amides is 4. The van der Waals surface area contributed by atoms with Gasteiger partial charge in [0.15, 0.2) is 0 Å². The third-order valence-corrected chi connectivity index (χ3v) is 6.54.